The average molecular weight is 403 g/mol. The molecule has 0 unspecified atom stereocenters. The van der Waals surface area contributed by atoms with Crippen molar-refractivity contribution in [2.24, 2.45) is 5.73 Å². The molecule has 30 heavy (non-hydrogen) atoms. The fraction of sp³-hybridized carbons (Fsp3) is 0.348. The van der Waals surface area contributed by atoms with E-state index >= 15 is 0 Å². The highest BCUT2D eigenvalue weighted by molar-refractivity contribution is 5.95. The van der Waals surface area contributed by atoms with Crippen molar-refractivity contribution in [3.8, 4) is 11.1 Å². The highest BCUT2D eigenvalue weighted by atomic mass is 16.2. The van der Waals surface area contributed by atoms with E-state index in [1.54, 1.807) is 4.90 Å². The summed E-state index contributed by atoms with van der Waals surface area (Å²) in [6.07, 6.45) is 1.54. The minimum Gasteiger partial charge on any atom is -0.338 e. The van der Waals surface area contributed by atoms with Crippen molar-refractivity contribution in [2.45, 2.75) is 25.3 Å². The maximum absolute atomic E-state index is 12.9. The maximum atomic E-state index is 12.9. The summed E-state index contributed by atoms with van der Waals surface area (Å²) in [6, 6.07) is 13.9. The van der Waals surface area contributed by atoms with Gasteiger partial charge >= 0.3 is 0 Å². The van der Waals surface area contributed by atoms with E-state index in [2.05, 4.69) is 28.4 Å². The number of carbonyl (C=O) groups is 2. The van der Waals surface area contributed by atoms with Crippen LogP contribution in [0, 0.1) is 6.92 Å². The number of amides is 2. The molecule has 1 saturated heterocycles. The summed E-state index contributed by atoms with van der Waals surface area (Å²) in [5, 5.41) is 8.45. The van der Waals surface area contributed by atoms with Crippen LogP contribution < -0.4 is 5.73 Å². The Bertz CT molecular complexity index is 1120. The predicted octanol–water partition coefficient (Wildman–Crippen LogP) is 2.31. The van der Waals surface area contributed by atoms with E-state index in [-0.39, 0.29) is 11.8 Å². The molecule has 7 heteroatoms. The van der Waals surface area contributed by atoms with E-state index in [4.69, 9.17) is 5.73 Å². The lowest BCUT2D eigenvalue weighted by Gasteiger charge is -2.36. The number of piperazine rings is 1. The van der Waals surface area contributed by atoms with Crippen LogP contribution in [0.25, 0.3) is 22.0 Å². The number of aromatic amines is 1. The Labute approximate surface area is 174 Å². The number of aryl methyl sites for hydroxylation is 1. The summed E-state index contributed by atoms with van der Waals surface area (Å²) in [4.78, 5) is 28.9. The summed E-state index contributed by atoms with van der Waals surface area (Å²) in [6.45, 7) is 4.18. The maximum Gasteiger partial charge on any atom is 0.253 e. The van der Waals surface area contributed by atoms with E-state index in [9.17, 15) is 9.59 Å². The molecule has 2 amide bonds. The van der Waals surface area contributed by atoms with Crippen molar-refractivity contribution < 1.29 is 9.59 Å². The number of aromatic nitrogens is 2. The second-order valence-electron chi connectivity index (χ2n) is 8.40. The third kappa shape index (κ3) is 3.25. The molecule has 5 rings (SSSR count). The van der Waals surface area contributed by atoms with Gasteiger partial charge in [0.05, 0.1) is 11.1 Å². The molecule has 1 aliphatic carbocycles. The van der Waals surface area contributed by atoms with Crippen LogP contribution in [0.4, 0.5) is 0 Å². The van der Waals surface area contributed by atoms with Crippen LogP contribution in [0.3, 0.4) is 0 Å². The van der Waals surface area contributed by atoms with Crippen molar-refractivity contribution in [2.75, 3.05) is 26.2 Å². The molecule has 1 saturated carbocycles. The van der Waals surface area contributed by atoms with Crippen LogP contribution in [-0.2, 0) is 4.79 Å². The van der Waals surface area contributed by atoms with Crippen LogP contribution in [0.2, 0.25) is 0 Å². The molecule has 7 nitrogen and oxygen atoms in total. The number of nitrogens with zero attached hydrogens (tertiary/aromatic N) is 3. The molecular weight excluding hydrogens is 378 g/mol. The molecular formula is C23H25N5O2. The molecule has 154 valence electrons. The van der Waals surface area contributed by atoms with Gasteiger partial charge in [-0.1, -0.05) is 24.3 Å². The molecule has 0 spiro atoms. The topological polar surface area (TPSA) is 95.3 Å². The number of rotatable bonds is 3. The first-order chi connectivity index (χ1) is 14.4. The van der Waals surface area contributed by atoms with Gasteiger partial charge in [0.1, 0.15) is 0 Å². The first-order valence-corrected chi connectivity index (χ1v) is 10.4. The highest BCUT2D eigenvalue weighted by Crippen LogP contribution is 2.34. The van der Waals surface area contributed by atoms with Crippen LogP contribution >= 0.6 is 0 Å². The monoisotopic (exact) mass is 403 g/mol. The average Bonchev–Trinajstić information content (AvgIpc) is 3.44. The van der Waals surface area contributed by atoms with Gasteiger partial charge in [-0.05, 0) is 49.1 Å². The SMILES string of the molecule is Cc1[nH]nc2cc(-c3ccc(C(=O)N4CCN(C(=O)C5(N)CC5)CC4)cc3)ccc12. The second kappa shape index (κ2) is 6.95. The zero-order valence-corrected chi connectivity index (χ0v) is 17.0. The van der Waals surface area contributed by atoms with Gasteiger partial charge in [0.25, 0.3) is 5.91 Å². The molecule has 2 fully saturated rings. The lowest BCUT2D eigenvalue weighted by molar-refractivity contribution is -0.135. The van der Waals surface area contributed by atoms with E-state index in [0.717, 1.165) is 40.6 Å². The van der Waals surface area contributed by atoms with Gasteiger partial charge in [0.15, 0.2) is 0 Å². The van der Waals surface area contributed by atoms with Gasteiger partial charge in [0.2, 0.25) is 5.91 Å². The normalized spacial score (nSPS) is 17.9. The quantitative estimate of drug-likeness (QED) is 0.702. The number of fused-ring (bicyclic) bond motifs is 1. The predicted molar refractivity (Wildman–Crippen MR) is 115 cm³/mol. The molecule has 1 aromatic heterocycles. The first kappa shape index (κ1) is 18.8. The van der Waals surface area contributed by atoms with Crippen molar-refractivity contribution in [1.29, 1.82) is 0 Å². The lowest BCUT2D eigenvalue weighted by atomic mass is 10.0. The van der Waals surface area contributed by atoms with Crippen LogP contribution in [0.15, 0.2) is 42.5 Å². The van der Waals surface area contributed by atoms with Gasteiger partial charge in [-0.2, -0.15) is 5.10 Å². The summed E-state index contributed by atoms with van der Waals surface area (Å²) < 4.78 is 0. The Morgan fingerprint density at radius 1 is 0.967 bits per heavy atom. The molecule has 0 bridgehead atoms. The number of nitrogens with two attached hydrogens (primary N) is 1. The molecule has 2 aromatic carbocycles. The third-order valence-electron chi connectivity index (χ3n) is 6.28. The summed E-state index contributed by atoms with van der Waals surface area (Å²) >= 11 is 0. The fourth-order valence-electron chi connectivity index (χ4n) is 4.09. The Hall–Kier alpha value is -3.19. The van der Waals surface area contributed by atoms with Crippen LogP contribution in [0.1, 0.15) is 28.9 Å². The van der Waals surface area contributed by atoms with Gasteiger partial charge in [-0.25, -0.2) is 0 Å². The molecule has 2 aliphatic rings. The fourth-order valence-corrected chi connectivity index (χ4v) is 4.09. The lowest BCUT2D eigenvalue weighted by Crippen LogP contribution is -2.55. The summed E-state index contributed by atoms with van der Waals surface area (Å²) in [5.74, 6) is 0.0314. The number of H-pyrrole nitrogens is 1. The Kier molecular flexibility index (Phi) is 4.36. The highest BCUT2D eigenvalue weighted by Gasteiger charge is 2.48. The van der Waals surface area contributed by atoms with Crippen LogP contribution in [-0.4, -0.2) is 63.5 Å². The largest absolute Gasteiger partial charge is 0.338 e. The Morgan fingerprint density at radius 2 is 1.60 bits per heavy atom. The van der Waals surface area contributed by atoms with Crippen molar-refractivity contribution in [3.05, 3.63) is 53.7 Å². The van der Waals surface area contributed by atoms with Crippen molar-refractivity contribution >= 4 is 22.7 Å². The minimum atomic E-state index is -0.639. The van der Waals surface area contributed by atoms with Crippen molar-refractivity contribution in [1.82, 2.24) is 20.0 Å². The van der Waals surface area contributed by atoms with E-state index in [0.29, 0.717) is 31.7 Å². The Morgan fingerprint density at radius 3 is 2.27 bits per heavy atom. The molecule has 3 N–H and O–H groups in total. The molecule has 3 aromatic rings. The minimum absolute atomic E-state index is 0.000843. The van der Waals surface area contributed by atoms with E-state index in [1.807, 2.05) is 36.1 Å². The summed E-state index contributed by atoms with van der Waals surface area (Å²) in [5.41, 5.74) is 10.1. The van der Waals surface area contributed by atoms with Gasteiger partial charge in [-0.3, -0.25) is 14.7 Å². The van der Waals surface area contributed by atoms with E-state index < -0.39 is 5.54 Å². The molecule has 2 heterocycles. The standard InChI is InChI=1S/C23H25N5O2/c1-15-19-7-6-18(14-20(19)26-25-15)16-2-4-17(5-3-16)21(29)27-10-12-28(13-11-27)22(30)23(24)8-9-23/h2-7,14H,8-13,24H2,1H3,(H,25,26). The van der Waals surface area contributed by atoms with Gasteiger partial charge in [-0.15, -0.1) is 0 Å². The number of nitrogens with one attached hydrogen (secondary N) is 1. The first-order valence-electron chi connectivity index (χ1n) is 10.4. The molecule has 1 aliphatic heterocycles. The zero-order valence-electron chi connectivity index (χ0n) is 17.0. The second-order valence-corrected chi connectivity index (χ2v) is 8.40. The molecule has 0 atom stereocenters. The Balaban J connectivity index is 1.26. The number of hydrogen-bond acceptors (Lipinski definition) is 4. The van der Waals surface area contributed by atoms with Gasteiger partial charge < -0.3 is 15.5 Å². The summed E-state index contributed by atoms with van der Waals surface area (Å²) in [7, 11) is 0. The smallest absolute Gasteiger partial charge is 0.253 e. The molecule has 0 radical (unpaired) electrons. The van der Waals surface area contributed by atoms with Crippen LogP contribution in [0.5, 0.6) is 0 Å². The van der Waals surface area contributed by atoms with Crippen molar-refractivity contribution in [3.63, 3.8) is 0 Å². The number of hydrogen-bond donors (Lipinski definition) is 2. The third-order valence-corrected chi connectivity index (χ3v) is 6.28. The number of carbonyl (C=O) groups excluding carboxylic acids is 2. The zero-order chi connectivity index (χ0) is 20.9. The number of benzene rings is 2. The van der Waals surface area contributed by atoms with E-state index in [1.165, 1.54) is 0 Å². The van der Waals surface area contributed by atoms with Gasteiger partial charge in [0, 0.05) is 42.8 Å².